The quantitative estimate of drug-likeness (QED) is 0.284. The summed E-state index contributed by atoms with van der Waals surface area (Å²) < 4.78 is 0. The van der Waals surface area contributed by atoms with Gasteiger partial charge in [-0.25, -0.2) is 0 Å². The van der Waals surface area contributed by atoms with Crippen LogP contribution in [0, 0.1) is 0 Å². The summed E-state index contributed by atoms with van der Waals surface area (Å²) in [6.45, 7) is 1.63. The lowest BCUT2D eigenvalue weighted by atomic mass is 10.0. The molecule has 2 aliphatic heterocycles. The molecule has 1 aromatic carbocycles. The van der Waals surface area contributed by atoms with Crippen molar-refractivity contribution in [2.24, 2.45) is 11.5 Å². The van der Waals surface area contributed by atoms with Gasteiger partial charge in [-0.3, -0.25) is 19.2 Å². The number of nitrogens with one attached hydrogen (secondary N) is 1. The minimum absolute atomic E-state index is 0.00621. The van der Waals surface area contributed by atoms with Gasteiger partial charge in [-0.2, -0.15) is 0 Å². The number of primary amides is 1. The second kappa shape index (κ2) is 10.9. The van der Waals surface area contributed by atoms with E-state index in [0.29, 0.717) is 19.4 Å². The standard InChI is InChI=1S/C23H33N5O6/c1-13(20(25)31)26-21(32)17-8-5-9-27(17)22(33)18-11-15(29)12-28(18)23(34)19(30)16(24)10-14-6-3-2-4-7-14/h2-4,6-7,13,15-19,29-30H,5,8-12,24H2,1H3,(H2,25,31)(H,26,32)/t13-,15+,16+,17-,18-,19-/m0/s1. The van der Waals surface area contributed by atoms with Crippen LogP contribution in [-0.4, -0.2) is 93.1 Å². The van der Waals surface area contributed by atoms with E-state index >= 15 is 0 Å². The number of amides is 4. The number of carbonyl (C=O) groups excluding carboxylic acids is 4. The molecule has 0 unspecified atom stereocenters. The number of nitrogens with two attached hydrogens (primary N) is 2. The highest BCUT2D eigenvalue weighted by Gasteiger charge is 2.46. The Labute approximate surface area is 198 Å². The molecule has 2 saturated heterocycles. The van der Waals surface area contributed by atoms with Crippen LogP contribution in [0.2, 0.25) is 0 Å². The highest BCUT2D eigenvalue weighted by atomic mass is 16.3. The van der Waals surface area contributed by atoms with Gasteiger partial charge in [0.05, 0.1) is 6.10 Å². The lowest BCUT2D eigenvalue weighted by Crippen LogP contribution is -2.57. The third-order valence-electron chi connectivity index (χ3n) is 6.44. The summed E-state index contributed by atoms with van der Waals surface area (Å²) >= 11 is 0. The van der Waals surface area contributed by atoms with Crippen LogP contribution in [0.4, 0.5) is 0 Å². The van der Waals surface area contributed by atoms with Crippen molar-refractivity contribution in [1.29, 1.82) is 0 Å². The van der Waals surface area contributed by atoms with Gasteiger partial charge in [0, 0.05) is 25.6 Å². The monoisotopic (exact) mass is 475 g/mol. The topological polar surface area (TPSA) is 179 Å². The lowest BCUT2D eigenvalue weighted by molar-refractivity contribution is -0.151. The first-order chi connectivity index (χ1) is 16.1. The van der Waals surface area contributed by atoms with Gasteiger partial charge in [-0.05, 0) is 31.7 Å². The zero-order chi connectivity index (χ0) is 25.0. The maximum Gasteiger partial charge on any atom is 0.253 e. The number of likely N-dealkylation sites (tertiary alicyclic amines) is 2. The fourth-order valence-electron chi connectivity index (χ4n) is 4.52. The summed E-state index contributed by atoms with van der Waals surface area (Å²) in [5.41, 5.74) is 12.1. The minimum atomic E-state index is -1.56. The Hall–Kier alpha value is -3.02. The van der Waals surface area contributed by atoms with Gasteiger partial charge >= 0.3 is 0 Å². The highest BCUT2D eigenvalue weighted by Crippen LogP contribution is 2.26. The Balaban J connectivity index is 1.69. The van der Waals surface area contributed by atoms with Crippen molar-refractivity contribution in [1.82, 2.24) is 15.1 Å². The van der Waals surface area contributed by atoms with Gasteiger partial charge in [-0.15, -0.1) is 0 Å². The molecule has 11 heteroatoms. The van der Waals surface area contributed by atoms with Crippen LogP contribution in [0.25, 0.3) is 0 Å². The molecule has 3 rings (SSSR count). The van der Waals surface area contributed by atoms with Gasteiger partial charge in [0.1, 0.15) is 24.2 Å². The van der Waals surface area contributed by atoms with Crippen LogP contribution in [0.5, 0.6) is 0 Å². The average Bonchev–Trinajstić information content (AvgIpc) is 3.45. The molecular formula is C23H33N5O6. The molecule has 0 spiro atoms. The minimum Gasteiger partial charge on any atom is -0.391 e. The SMILES string of the molecule is C[C@H](NC(=O)[C@@H]1CCCN1C(=O)[C@@H]1C[C@@H](O)CN1C(=O)[C@@H](O)[C@H](N)Cc1ccccc1)C(N)=O. The molecule has 0 aliphatic carbocycles. The van der Waals surface area contributed by atoms with E-state index in [9.17, 15) is 29.4 Å². The predicted molar refractivity (Wildman–Crippen MR) is 122 cm³/mol. The number of benzene rings is 1. The second-order valence-corrected chi connectivity index (χ2v) is 9.02. The first-order valence-corrected chi connectivity index (χ1v) is 11.5. The molecule has 0 aromatic heterocycles. The highest BCUT2D eigenvalue weighted by molar-refractivity contribution is 5.95. The Morgan fingerprint density at radius 3 is 2.47 bits per heavy atom. The van der Waals surface area contributed by atoms with E-state index in [0.717, 1.165) is 10.5 Å². The Morgan fingerprint density at radius 2 is 1.82 bits per heavy atom. The molecule has 0 bridgehead atoms. The Kier molecular flexibility index (Phi) is 8.24. The van der Waals surface area contributed by atoms with E-state index in [1.807, 2.05) is 30.3 Å². The Bertz CT molecular complexity index is 912. The van der Waals surface area contributed by atoms with Gasteiger partial charge in [0.2, 0.25) is 17.7 Å². The molecule has 2 fully saturated rings. The molecule has 7 N–H and O–H groups in total. The van der Waals surface area contributed by atoms with Crippen molar-refractivity contribution < 1.29 is 29.4 Å². The first-order valence-electron chi connectivity index (χ1n) is 11.5. The van der Waals surface area contributed by atoms with E-state index in [1.54, 1.807) is 0 Å². The molecule has 6 atom stereocenters. The first kappa shape index (κ1) is 25.6. The van der Waals surface area contributed by atoms with Crippen LogP contribution in [0.15, 0.2) is 30.3 Å². The number of hydrogen-bond acceptors (Lipinski definition) is 7. The van der Waals surface area contributed by atoms with Gasteiger partial charge < -0.3 is 36.8 Å². The van der Waals surface area contributed by atoms with Crippen LogP contribution in [0.1, 0.15) is 31.7 Å². The van der Waals surface area contributed by atoms with E-state index in [4.69, 9.17) is 11.5 Å². The normalized spacial score (nSPS) is 25.0. The number of β-amino-alcohol motifs (C(OH)–C–C–N with tert-alkyl or cyclic N) is 1. The van der Waals surface area contributed by atoms with Crippen LogP contribution < -0.4 is 16.8 Å². The largest absolute Gasteiger partial charge is 0.391 e. The van der Waals surface area contributed by atoms with E-state index < -0.39 is 60.0 Å². The number of hydrogen-bond donors (Lipinski definition) is 5. The summed E-state index contributed by atoms with van der Waals surface area (Å²) in [6.07, 6.45) is -1.28. The molecule has 2 heterocycles. The molecule has 0 saturated carbocycles. The van der Waals surface area contributed by atoms with Gasteiger partial charge in [0.15, 0.2) is 0 Å². The number of nitrogens with zero attached hydrogens (tertiary/aromatic N) is 2. The molecule has 0 radical (unpaired) electrons. The van der Waals surface area contributed by atoms with Crippen LogP contribution in [0.3, 0.4) is 0 Å². The Morgan fingerprint density at radius 1 is 1.15 bits per heavy atom. The molecule has 2 aliphatic rings. The van der Waals surface area contributed by atoms with Crippen molar-refractivity contribution >= 4 is 23.6 Å². The van der Waals surface area contributed by atoms with E-state index in [1.165, 1.54) is 11.8 Å². The lowest BCUT2D eigenvalue weighted by Gasteiger charge is -2.32. The molecular weight excluding hydrogens is 442 g/mol. The fraction of sp³-hybridized carbons (Fsp3) is 0.565. The third kappa shape index (κ3) is 5.72. The van der Waals surface area contributed by atoms with Gasteiger partial charge in [0.25, 0.3) is 5.91 Å². The van der Waals surface area contributed by atoms with Crippen molar-refractivity contribution in [2.45, 2.75) is 69.0 Å². The summed E-state index contributed by atoms with van der Waals surface area (Å²) in [5, 5.41) is 23.3. The predicted octanol–water partition coefficient (Wildman–Crippen LogP) is -2.14. The van der Waals surface area contributed by atoms with Gasteiger partial charge in [-0.1, -0.05) is 30.3 Å². The molecule has 34 heavy (non-hydrogen) atoms. The fourth-order valence-corrected chi connectivity index (χ4v) is 4.52. The van der Waals surface area contributed by atoms with Crippen molar-refractivity contribution in [3.8, 4) is 0 Å². The number of aliphatic hydroxyl groups excluding tert-OH is 2. The third-order valence-corrected chi connectivity index (χ3v) is 6.44. The molecule has 11 nitrogen and oxygen atoms in total. The number of aliphatic hydroxyl groups is 2. The maximum atomic E-state index is 13.4. The maximum absolute atomic E-state index is 13.4. The zero-order valence-electron chi connectivity index (χ0n) is 19.2. The zero-order valence-corrected chi connectivity index (χ0v) is 19.2. The molecule has 186 valence electrons. The summed E-state index contributed by atoms with van der Waals surface area (Å²) in [5.74, 6) is -2.42. The summed E-state index contributed by atoms with van der Waals surface area (Å²) in [7, 11) is 0. The second-order valence-electron chi connectivity index (χ2n) is 9.02. The van der Waals surface area contributed by atoms with E-state index in [-0.39, 0.29) is 19.4 Å². The summed E-state index contributed by atoms with van der Waals surface area (Å²) in [4.78, 5) is 52.9. The smallest absolute Gasteiger partial charge is 0.253 e. The molecule has 4 amide bonds. The van der Waals surface area contributed by atoms with Crippen LogP contribution >= 0.6 is 0 Å². The van der Waals surface area contributed by atoms with E-state index in [2.05, 4.69) is 5.32 Å². The number of rotatable bonds is 8. The number of carbonyl (C=O) groups is 4. The van der Waals surface area contributed by atoms with Crippen molar-refractivity contribution in [2.75, 3.05) is 13.1 Å². The van der Waals surface area contributed by atoms with Crippen molar-refractivity contribution in [3.63, 3.8) is 0 Å². The molecule has 1 aromatic rings. The average molecular weight is 476 g/mol. The summed E-state index contributed by atoms with van der Waals surface area (Å²) in [6, 6.07) is 5.54. The van der Waals surface area contributed by atoms with Crippen molar-refractivity contribution in [3.05, 3.63) is 35.9 Å². The van der Waals surface area contributed by atoms with Crippen LogP contribution in [-0.2, 0) is 25.6 Å².